The summed E-state index contributed by atoms with van der Waals surface area (Å²) < 4.78 is 26.3. The van der Waals surface area contributed by atoms with Crippen LogP contribution in [0.3, 0.4) is 0 Å². The van der Waals surface area contributed by atoms with Crippen molar-refractivity contribution in [1.29, 1.82) is 0 Å². The van der Waals surface area contributed by atoms with Crippen molar-refractivity contribution in [3.63, 3.8) is 0 Å². The van der Waals surface area contributed by atoms with Gasteiger partial charge in [-0.2, -0.15) is 4.72 Å². The number of carboxylic acid groups (broad SMARTS) is 2. The van der Waals surface area contributed by atoms with Crippen molar-refractivity contribution in [2.75, 3.05) is 0 Å². The van der Waals surface area contributed by atoms with E-state index in [2.05, 4.69) is 6.92 Å². The minimum Gasteiger partial charge on any atom is -0.481 e. The van der Waals surface area contributed by atoms with Gasteiger partial charge < -0.3 is 10.2 Å². The molecule has 0 spiro atoms. The maximum Gasteiger partial charge on any atom is 0.322 e. The predicted molar refractivity (Wildman–Crippen MR) is 88.3 cm³/mol. The molecule has 24 heavy (non-hydrogen) atoms. The van der Waals surface area contributed by atoms with E-state index in [1.807, 2.05) is 4.72 Å². The molecule has 134 valence electrons. The maximum atomic E-state index is 12.2. The summed E-state index contributed by atoms with van der Waals surface area (Å²) in [5, 5.41) is 17.6. The van der Waals surface area contributed by atoms with E-state index in [1.54, 1.807) is 12.1 Å². The summed E-state index contributed by atoms with van der Waals surface area (Å²) in [5.41, 5.74) is 1.00. The maximum absolute atomic E-state index is 12.2. The summed E-state index contributed by atoms with van der Waals surface area (Å²) in [7, 11) is -4.09. The zero-order valence-electron chi connectivity index (χ0n) is 13.6. The lowest BCUT2D eigenvalue weighted by Crippen LogP contribution is -2.42. The highest BCUT2D eigenvalue weighted by atomic mass is 32.2. The van der Waals surface area contributed by atoms with Crippen LogP contribution in [0.15, 0.2) is 29.2 Å². The second-order valence-corrected chi connectivity index (χ2v) is 7.28. The number of carboxylic acids is 2. The van der Waals surface area contributed by atoms with Crippen LogP contribution in [-0.4, -0.2) is 36.6 Å². The van der Waals surface area contributed by atoms with Crippen LogP contribution in [0.4, 0.5) is 0 Å². The molecule has 0 aliphatic heterocycles. The Bertz CT molecular complexity index is 654. The quantitative estimate of drug-likeness (QED) is 0.521. The molecule has 1 unspecified atom stereocenters. The number of hydrogen-bond acceptors (Lipinski definition) is 4. The molecular formula is C16H23NO6S. The Morgan fingerprint density at radius 1 is 1.08 bits per heavy atom. The number of hydrogen-bond donors (Lipinski definition) is 3. The minimum absolute atomic E-state index is 0.0866. The van der Waals surface area contributed by atoms with E-state index in [-0.39, 0.29) is 4.90 Å². The molecule has 8 heteroatoms. The molecule has 0 bridgehead atoms. The number of rotatable bonds is 11. The van der Waals surface area contributed by atoms with Gasteiger partial charge in [0.15, 0.2) is 0 Å². The van der Waals surface area contributed by atoms with Gasteiger partial charge in [0, 0.05) is 0 Å². The van der Waals surface area contributed by atoms with E-state index in [4.69, 9.17) is 10.2 Å². The summed E-state index contributed by atoms with van der Waals surface area (Å²) in [4.78, 5) is 21.5. The SMILES string of the molecule is CCCCCCc1ccc(S(=O)(=O)NC(CC(=O)O)C(=O)O)cc1. The van der Waals surface area contributed by atoms with Gasteiger partial charge in [-0.1, -0.05) is 38.3 Å². The Kier molecular flexibility index (Phi) is 7.87. The normalized spacial score (nSPS) is 12.7. The highest BCUT2D eigenvalue weighted by Gasteiger charge is 2.27. The molecule has 0 radical (unpaired) electrons. The number of benzene rings is 1. The molecule has 1 atom stereocenters. The Hall–Kier alpha value is -1.93. The predicted octanol–water partition coefficient (Wildman–Crippen LogP) is 2.02. The van der Waals surface area contributed by atoms with Crippen molar-refractivity contribution in [1.82, 2.24) is 4.72 Å². The first-order valence-electron chi connectivity index (χ1n) is 7.82. The smallest absolute Gasteiger partial charge is 0.322 e. The van der Waals surface area contributed by atoms with Crippen molar-refractivity contribution in [2.24, 2.45) is 0 Å². The molecule has 0 heterocycles. The zero-order valence-corrected chi connectivity index (χ0v) is 14.4. The average molecular weight is 357 g/mol. The molecule has 1 rings (SSSR count). The molecule has 7 nitrogen and oxygen atoms in total. The lowest BCUT2D eigenvalue weighted by molar-refractivity contribution is -0.145. The highest BCUT2D eigenvalue weighted by Crippen LogP contribution is 2.14. The first-order valence-corrected chi connectivity index (χ1v) is 9.30. The van der Waals surface area contributed by atoms with Gasteiger partial charge in [-0.05, 0) is 30.5 Å². The third kappa shape index (κ3) is 6.67. The highest BCUT2D eigenvalue weighted by molar-refractivity contribution is 7.89. The van der Waals surface area contributed by atoms with Crippen LogP contribution in [0.25, 0.3) is 0 Å². The summed E-state index contributed by atoms with van der Waals surface area (Å²) in [6, 6.07) is 4.47. The van der Waals surface area contributed by atoms with Crippen molar-refractivity contribution in [2.45, 2.75) is 56.4 Å². The fourth-order valence-corrected chi connectivity index (χ4v) is 3.39. The second-order valence-electron chi connectivity index (χ2n) is 5.56. The number of carbonyl (C=O) groups is 2. The van der Waals surface area contributed by atoms with Crippen molar-refractivity contribution in [3.05, 3.63) is 29.8 Å². The van der Waals surface area contributed by atoms with Gasteiger partial charge in [0.25, 0.3) is 0 Å². The zero-order chi connectivity index (χ0) is 18.2. The van der Waals surface area contributed by atoms with E-state index in [0.29, 0.717) is 0 Å². The number of aliphatic carboxylic acids is 2. The first kappa shape index (κ1) is 20.1. The van der Waals surface area contributed by atoms with E-state index in [9.17, 15) is 18.0 Å². The Morgan fingerprint density at radius 2 is 1.71 bits per heavy atom. The van der Waals surface area contributed by atoms with Crippen molar-refractivity contribution < 1.29 is 28.2 Å². The van der Waals surface area contributed by atoms with Crippen LogP contribution in [0, 0.1) is 0 Å². The van der Waals surface area contributed by atoms with Crippen molar-refractivity contribution in [3.8, 4) is 0 Å². The largest absolute Gasteiger partial charge is 0.481 e. The van der Waals surface area contributed by atoms with Gasteiger partial charge in [-0.3, -0.25) is 9.59 Å². The molecule has 1 aromatic carbocycles. The van der Waals surface area contributed by atoms with E-state index < -0.39 is 34.4 Å². The minimum atomic E-state index is -4.09. The number of nitrogens with one attached hydrogen (secondary N) is 1. The average Bonchev–Trinajstić information content (AvgIpc) is 2.50. The summed E-state index contributed by atoms with van der Waals surface area (Å²) in [6.45, 7) is 2.13. The van der Waals surface area contributed by atoms with Crippen LogP contribution < -0.4 is 4.72 Å². The van der Waals surface area contributed by atoms with E-state index in [1.165, 1.54) is 12.1 Å². The fraction of sp³-hybridized carbons (Fsp3) is 0.500. The topological polar surface area (TPSA) is 121 Å². The van der Waals surface area contributed by atoms with Crippen LogP contribution in [0.5, 0.6) is 0 Å². The Labute approximate surface area is 141 Å². The third-order valence-electron chi connectivity index (χ3n) is 3.53. The molecule has 1 aromatic rings. The number of sulfonamides is 1. The van der Waals surface area contributed by atoms with Gasteiger partial charge >= 0.3 is 11.9 Å². The third-order valence-corrected chi connectivity index (χ3v) is 5.01. The summed E-state index contributed by atoms with van der Waals surface area (Å²) in [5.74, 6) is -2.93. The Balaban J connectivity index is 2.76. The lowest BCUT2D eigenvalue weighted by Gasteiger charge is -2.13. The second kappa shape index (κ2) is 9.39. The van der Waals surface area contributed by atoms with E-state index in [0.717, 1.165) is 37.7 Å². The van der Waals surface area contributed by atoms with E-state index >= 15 is 0 Å². The molecular weight excluding hydrogens is 334 g/mol. The molecule has 0 aromatic heterocycles. The molecule has 0 aliphatic carbocycles. The van der Waals surface area contributed by atoms with Gasteiger partial charge in [0.1, 0.15) is 6.04 Å². The molecule has 0 fully saturated rings. The fourth-order valence-electron chi connectivity index (χ4n) is 2.20. The summed E-state index contributed by atoms with van der Waals surface area (Å²) in [6.07, 6.45) is 4.47. The lowest BCUT2D eigenvalue weighted by atomic mass is 10.1. The number of aryl methyl sites for hydroxylation is 1. The standard InChI is InChI=1S/C16H23NO6S/c1-2-3-4-5-6-12-7-9-13(10-8-12)24(22,23)17-14(16(20)21)11-15(18)19/h7-10,14,17H,2-6,11H2,1H3,(H,18,19)(H,20,21). The van der Waals surface area contributed by atoms with Crippen LogP contribution >= 0.6 is 0 Å². The van der Waals surface area contributed by atoms with Gasteiger partial charge in [0.2, 0.25) is 10.0 Å². The molecule has 3 N–H and O–H groups in total. The number of unbranched alkanes of at least 4 members (excludes halogenated alkanes) is 3. The van der Waals surface area contributed by atoms with Crippen LogP contribution in [0.1, 0.15) is 44.6 Å². The monoisotopic (exact) mass is 357 g/mol. The van der Waals surface area contributed by atoms with Gasteiger partial charge in [0.05, 0.1) is 11.3 Å². The van der Waals surface area contributed by atoms with Crippen LogP contribution in [0.2, 0.25) is 0 Å². The Morgan fingerprint density at radius 3 is 2.21 bits per heavy atom. The van der Waals surface area contributed by atoms with Gasteiger partial charge in [-0.25, -0.2) is 8.42 Å². The first-order chi connectivity index (χ1) is 11.3. The molecule has 0 saturated carbocycles. The van der Waals surface area contributed by atoms with Crippen LogP contribution in [-0.2, 0) is 26.0 Å². The molecule has 0 amide bonds. The molecule has 0 saturated heterocycles. The van der Waals surface area contributed by atoms with Gasteiger partial charge in [-0.15, -0.1) is 0 Å². The molecule has 0 aliphatic rings. The summed E-state index contributed by atoms with van der Waals surface area (Å²) >= 11 is 0. The van der Waals surface area contributed by atoms with Crippen molar-refractivity contribution >= 4 is 22.0 Å².